The Morgan fingerprint density at radius 2 is 2.35 bits per heavy atom. The predicted octanol–water partition coefficient (Wildman–Crippen LogP) is 2.66. The van der Waals surface area contributed by atoms with Gasteiger partial charge in [0.05, 0.1) is 11.4 Å². The Hall–Kier alpha value is -1.09. The third kappa shape index (κ3) is 3.43. The zero-order valence-electron chi connectivity index (χ0n) is 10.9. The highest BCUT2D eigenvalue weighted by atomic mass is 15.3. The van der Waals surface area contributed by atoms with E-state index in [4.69, 9.17) is 0 Å². The molecule has 1 aliphatic rings. The highest BCUT2D eigenvalue weighted by molar-refractivity contribution is 5.08. The predicted molar refractivity (Wildman–Crippen MR) is 70.8 cm³/mol. The van der Waals surface area contributed by atoms with E-state index in [1.165, 1.54) is 25.0 Å². The number of aryl methyl sites for hydroxylation is 2. The van der Waals surface area contributed by atoms with Crippen molar-refractivity contribution in [2.45, 2.75) is 46.2 Å². The van der Waals surface area contributed by atoms with E-state index >= 15 is 0 Å². The van der Waals surface area contributed by atoms with Crippen LogP contribution in [-0.4, -0.2) is 16.3 Å². The molecular formula is C14H23N3. The van der Waals surface area contributed by atoms with E-state index in [1.807, 2.05) is 0 Å². The third-order valence-corrected chi connectivity index (χ3v) is 3.40. The van der Waals surface area contributed by atoms with Crippen molar-refractivity contribution in [1.82, 2.24) is 15.1 Å². The summed E-state index contributed by atoms with van der Waals surface area (Å²) in [5.74, 6) is 0.819. The lowest BCUT2D eigenvalue weighted by Crippen LogP contribution is -2.24. The molecule has 2 rings (SSSR count). The molecule has 1 heterocycles. The van der Waals surface area contributed by atoms with E-state index < -0.39 is 0 Å². The molecule has 0 aromatic carbocycles. The molecule has 0 saturated heterocycles. The molecule has 1 atom stereocenters. The van der Waals surface area contributed by atoms with Gasteiger partial charge in [0.25, 0.3) is 0 Å². The van der Waals surface area contributed by atoms with Crippen LogP contribution in [0.2, 0.25) is 0 Å². The molecule has 0 bridgehead atoms. The fourth-order valence-corrected chi connectivity index (χ4v) is 2.46. The van der Waals surface area contributed by atoms with Gasteiger partial charge in [0.1, 0.15) is 0 Å². The smallest absolute Gasteiger partial charge is 0.0597 e. The standard InChI is InChI=1S/C14H23N3/c1-3-17-14(9-12(2)16-17)11-15-10-13-7-5-4-6-8-13/h4-5,9,13,15H,3,6-8,10-11H2,1-2H3. The second-order valence-corrected chi connectivity index (χ2v) is 4.87. The molecule has 0 saturated carbocycles. The number of allylic oxidation sites excluding steroid dienone is 2. The first kappa shape index (κ1) is 12.4. The van der Waals surface area contributed by atoms with Gasteiger partial charge in [-0.15, -0.1) is 0 Å². The van der Waals surface area contributed by atoms with Crippen molar-refractivity contribution >= 4 is 0 Å². The molecule has 3 nitrogen and oxygen atoms in total. The van der Waals surface area contributed by atoms with E-state index in [0.717, 1.165) is 31.2 Å². The molecule has 1 aromatic heterocycles. The van der Waals surface area contributed by atoms with E-state index in [0.29, 0.717) is 0 Å². The lowest BCUT2D eigenvalue weighted by molar-refractivity contribution is 0.434. The summed E-state index contributed by atoms with van der Waals surface area (Å²) in [7, 11) is 0. The van der Waals surface area contributed by atoms with Crippen molar-refractivity contribution in [1.29, 1.82) is 0 Å². The monoisotopic (exact) mass is 233 g/mol. The first-order valence-electron chi connectivity index (χ1n) is 6.68. The van der Waals surface area contributed by atoms with Gasteiger partial charge in [0.15, 0.2) is 0 Å². The Morgan fingerprint density at radius 1 is 1.47 bits per heavy atom. The molecule has 17 heavy (non-hydrogen) atoms. The molecule has 0 amide bonds. The fourth-order valence-electron chi connectivity index (χ4n) is 2.46. The van der Waals surface area contributed by atoms with Crippen LogP contribution in [0.1, 0.15) is 37.6 Å². The molecule has 3 heteroatoms. The molecule has 0 spiro atoms. The number of hydrogen-bond acceptors (Lipinski definition) is 2. The average Bonchev–Trinajstić information content (AvgIpc) is 2.71. The SMILES string of the molecule is CCn1nc(C)cc1CNCC1CC=CCC1. The Kier molecular flexibility index (Phi) is 4.37. The Bertz CT molecular complexity index is 379. The molecule has 1 aliphatic carbocycles. The minimum atomic E-state index is 0.819. The van der Waals surface area contributed by atoms with Crippen LogP contribution in [0.3, 0.4) is 0 Å². The lowest BCUT2D eigenvalue weighted by Gasteiger charge is -2.18. The first-order valence-corrected chi connectivity index (χ1v) is 6.68. The summed E-state index contributed by atoms with van der Waals surface area (Å²) >= 11 is 0. The van der Waals surface area contributed by atoms with Crippen molar-refractivity contribution in [3.63, 3.8) is 0 Å². The van der Waals surface area contributed by atoms with Crippen molar-refractivity contribution in [2.75, 3.05) is 6.54 Å². The Balaban J connectivity index is 1.79. The summed E-state index contributed by atoms with van der Waals surface area (Å²) in [6.45, 7) is 7.22. The van der Waals surface area contributed by atoms with Gasteiger partial charge in [-0.2, -0.15) is 5.10 Å². The second kappa shape index (κ2) is 6.01. The molecule has 0 fully saturated rings. The lowest BCUT2D eigenvalue weighted by atomic mass is 9.94. The maximum Gasteiger partial charge on any atom is 0.0597 e. The van der Waals surface area contributed by atoms with Crippen LogP contribution < -0.4 is 5.32 Å². The van der Waals surface area contributed by atoms with E-state index in [9.17, 15) is 0 Å². The minimum Gasteiger partial charge on any atom is -0.311 e. The van der Waals surface area contributed by atoms with Crippen LogP contribution in [0.5, 0.6) is 0 Å². The Morgan fingerprint density at radius 3 is 3.06 bits per heavy atom. The van der Waals surface area contributed by atoms with Gasteiger partial charge in [-0.25, -0.2) is 0 Å². The third-order valence-electron chi connectivity index (χ3n) is 3.40. The highest BCUT2D eigenvalue weighted by Gasteiger charge is 2.10. The van der Waals surface area contributed by atoms with Crippen LogP contribution >= 0.6 is 0 Å². The minimum absolute atomic E-state index is 0.819. The van der Waals surface area contributed by atoms with Crippen molar-refractivity contribution in [3.8, 4) is 0 Å². The normalized spacial score (nSPS) is 19.8. The maximum atomic E-state index is 4.46. The largest absolute Gasteiger partial charge is 0.311 e. The van der Waals surface area contributed by atoms with Gasteiger partial charge in [-0.1, -0.05) is 12.2 Å². The molecule has 94 valence electrons. The molecular weight excluding hydrogens is 210 g/mol. The quantitative estimate of drug-likeness (QED) is 0.792. The van der Waals surface area contributed by atoms with Crippen LogP contribution in [0.25, 0.3) is 0 Å². The number of hydrogen-bond donors (Lipinski definition) is 1. The summed E-state index contributed by atoms with van der Waals surface area (Å²) in [5, 5.41) is 8.02. The summed E-state index contributed by atoms with van der Waals surface area (Å²) in [5.41, 5.74) is 2.42. The molecule has 0 radical (unpaired) electrons. The average molecular weight is 233 g/mol. The van der Waals surface area contributed by atoms with Crippen molar-refractivity contribution in [3.05, 3.63) is 29.6 Å². The van der Waals surface area contributed by atoms with Gasteiger partial charge in [0.2, 0.25) is 0 Å². The number of rotatable bonds is 5. The van der Waals surface area contributed by atoms with Gasteiger partial charge in [0, 0.05) is 13.1 Å². The summed E-state index contributed by atoms with van der Waals surface area (Å²) < 4.78 is 2.09. The first-order chi connectivity index (χ1) is 8.29. The fraction of sp³-hybridized carbons (Fsp3) is 0.643. The van der Waals surface area contributed by atoms with E-state index in [1.54, 1.807) is 0 Å². The summed E-state index contributed by atoms with van der Waals surface area (Å²) in [6.07, 6.45) is 8.43. The number of aromatic nitrogens is 2. The van der Waals surface area contributed by atoms with Crippen molar-refractivity contribution in [2.24, 2.45) is 5.92 Å². The van der Waals surface area contributed by atoms with Crippen molar-refractivity contribution < 1.29 is 0 Å². The zero-order valence-corrected chi connectivity index (χ0v) is 10.9. The van der Waals surface area contributed by atoms with Crippen LogP contribution in [0.4, 0.5) is 0 Å². The maximum absolute atomic E-state index is 4.46. The number of nitrogens with one attached hydrogen (secondary N) is 1. The zero-order chi connectivity index (χ0) is 12.1. The van der Waals surface area contributed by atoms with Gasteiger partial charge >= 0.3 is 0 Å². The van der Waals surface area contributed by atoms with Crippen LogP contribution in [-0.2, 0) is 13.1 Å². The van der Waals surface area contributed by atoms with E-state index in [2.05, 4.69) is 47.2 Å². The van der Waals surface area contributed by atoms with Gasteiger partial charge in [-0.05, 0) is 51.6 Å². The highest BCUT2D eigenvalue weighted by Crippen LogP contribution is 2.17. The summed E-state index contributed by atoms with van der Waals surface area (Å²) in [4.78, 5) is 0. The topological polar surface area (TPSA) is 29.9 Å². The molecule has 1 N–H and O–H groups in total. The molecule has 1 aromatic rings. The number of nitrogens with zero attached hydrogens (tertiary/aromatic N) is 2. The Labute approximate surface area is 104 Å². The van der Waals surface area contributed by atoms with Gasteiger partial charge in [-0.3, -0.25) is 4.68 Å². The second-order valence-electron chi connectivity index (χ2n) is 4.87. The molecule has 1 unspecified atom stereocenters. The summed E-state index contributed by atoms with van der Waals surface area (Å²) in [6, 6.07) is 2.18. The van der Waals surface area contributed by atoms with E-state index in [-0.39, 0.29) is 0 Å². The van der Waals surface area contributed by atoms with Crippen LogP contribution in [0, 0.1) is 12.8 Å². The molecule has 0 aliphatic heterocycles. The van der Waals surface area contributed by atoms with Gasteiger partial charge < -0.3 is 5.32 Å². The van der Waals surface area contributed by atoms with Crippen LogP contribution in [0.15, 0.2) is 18.2 Å².